The molecule has 3 aliphatic carbocycles. The first-order valence-corrected chi connectivity index (χ1v) is 7.78. The van der Waals surface area contributed by atoms with E-state index < -0.39 is 0 Å². The van der Waals surface area contributed by atoms with Crippen molar-refractivity contribution in [1.82, 2.24) is 0 Å². The van der Waals surface area contributed by atoms with Gasteiger partial charge in [-0.3, -0.25) is 4.79 Å². The van der Waals surface area contributed by atoms with E-state index in [4.69, 9.17) is 0 Å². The van der Waals surface area contributed by atoms with Crippen LogP contribution in [-0.2, 0) is 4.79 Å². The molecule has 1 nitrogen and oxygen atoms in total. The summed E-state index contributed by atoms with van der Waals surface area (Å²) in [5.74, 6) is 3.88. The van der Waals surface area contributed by atoms with Gasteiger partial charge < -0.3 is 0 Å². The van der Waals surface area contributed by atoms with Gasteiger partial charge in [-0.1, -0.05) is 27.7 Å². The number of ketones is 1. The van der Waals surface area contributed by atoms with Crippen LogP contribution in [0.25, 0.3) is 0 Å². The molecule has 3 saturated carbocycles. The Bertz CT molecular complexity index is 383. The maximum atomic E-state index is 12.0. The molecule has 1 spiro atoms. The molecular weight excluding hydrogens is 220 g/mol. The Hall–Kier alpha value is -0.330. The smallest absolute Gasteiger partial charge is 0.133 e. The van der Waals surface area contributed by atoms with Gasteiger partial charge >= 0.3 is 0 Å². The minimum Gasteiger partial charge on any atom is -0.300 e. The predicted octanol–water partition coefficient (Wildman–Crippen LogP) is 4.31. The van der Waals surface area contributed by atoms with Gasteiger partial charge in [0.05, 0.1) is 0 Å². The van der Waals surface area contributed by atoms with E-state index in [-0.39, 0.29) is 0 Å². The van der Waals surface area contributed by atoms with E-state index >= 15 is 0 Å². The van der Waals surface area contributed by atoms with Gasteiger partial charge in [0.1, 0.15) is 5.78 Å². The molecule has 3 bridgehead atoms. The number of Topliss-reactive ketones (excluding diaryl/α,β-unsaturated/α-hetero) is 1. The molecule has 0 aromatic carbocycles. The monoisotopic (exact) mass is 248 g/mol. The highest BCUT2D eigenvalue weighted by Crippen LogP contribution is 2.70. The molecule has 0 radical (unpaired) electrons. The van der Waals surface area contributed by atoms with Gasteiger partial charge in [-0.05, 0) is 67.1 Å². The minimum atomic E-state index is 0.338. The Labute approximate surface area is 112 Å². The Kier molecular flexibility index (Phi) is 2.55. The van der Waals surface area contributed by atoms with E-state index in [1.807, 2.05) is 6.92 Å². The molecule has 3 aliphatic rings. The normalized spacial score (nSPS) is 53.3. The van der Waals surface area contributed by atoms with Crippen molar-refractivity contribution in [2.75, 3.05) is 0 Å². The van der Waals surface area contributed by atoms with Gasteiger partial charge in [-0.25, -0.2) is 0 Å². The number of fused-ring (bicyclic) bond motifs is 2. The van der Waals surface area contributed by atoms with Crippen molar-refractivity contribution in [1.29, 1.82) is 0 Å². The van der Waals surface area contributed by atoms with Crippen molar-refractivity contribution in [3.63, 3.8) is 0 Å². The molecule has 102 valence electrons. The van der Waals surface area contributed by atoms with E-state index in [9.17, 15) is 4.79 Å². The molecule has 3 fully saturated rings. The largest absolute Gasteiger partial charge is 0.300 e. The SMILES string of the molecule is CC(=O)C1CC23CC(CC2C)C(C)(C)C(C3)C1C. The van der Waals surface area contributed by atoms with Crippen molar-refractivity contribution in [3.05, 3.63) is 0 Å². The lowest BCUT2D eigenvalue weighted by molar-refractivity contribution is -0.135. The van der Waals surface area contributed by atoms with Crippen molar-refractivity contribution in [2.24, 2.45) is 40.4 Å². The van der Waals surface area contributed by atoms with Crippen LogP contribution in [0.1, 0.15) is 60.3 Å². The molecule has 0 N–H and O–H groups in total. The lowest BCUT2D eigenvalue weighted by Gasteiger charge is -2.57. The Morgan fingerprint density at radius 1 is 1.11 bits per heavy atom. The average Bonchev–Trinajstić information content (AvgIpc) is 2.56. The summed E-state index contributed by atoms with van der Waals surface area (Å²) < 4.78 is 0. The van der Waals surface area contributed by atoms with Crippen molar-refractivity contribution in [2.45, 2.75) is 60.3 Å². The van der Waals surface area contributed by atoms with E-state index in [1.165, 1.54) is 25.7 Å². The molecule has 0 aliphatic heterocycles. The third kappa shape index (κ3) is 1.42. The molecule has 0 heterocycles. The van der Waals surface area contributed by atoms with Crippen LogP contribution in [0, 0.1) is 40.4 Å². The van der Waals surface area contributed by atoms with Crippen LogP contribution >= 0.6 is 0 Å². The third-order valence-electron chi connectivity index (χ3n) is 7.39. The summed E-state index contributed by atoms with van der Waals surface area (Å²) in [5.41, 5.74) is 0.968. The van der Waals surface area contributed by atoms with Crippen molar-refractivity contribution in [3.8, 4) is 0 Å². The summed E-state index contributed by atoms with van der Waals surface area (Å²) in [6.45, 7) is 11.6. The number of hydrogen-bond donors (Lipinski definition) is 0. The van der Waals surface area contributed by atoms with Crippen LogP contribution in [0.2, 0.25) is 0 Å². The van der Waals surface area contributed by atoms with Crippen LogP contribution < -0.4 is 0 Å². The Morgan fingerprint density at radius 3 is 2.39 bits per heavy atom. The fourth-order valence-electron chi connectivity index (χ4n) is 5.96. The third-order valence-corrected chi connectivity index (χ3v) is 7.39. The second-order valence-corrected chi connectivity index (χ2v) is 8.31. The summed E-state index contributed by atoms with van der Waals surface area (Å²) in [5, 5.41) is 0. The first-order valence-electron chi connectivity index (χ1n) is 7.78. The van der Waals surface area contributed by atoms with Gasteiger partial charge in [-0.15, -0.1) is 0 Å². The number of rotatable bonds is 1. The van der Waals surface area contributed by atoms with Gasteiger partial charge in [0, 0.05) is 5.92 Å². The minimum absolute atomic E-state index is 0.338. The van der Waals surface area contributed by atoms with Gasteiger partial charge in [0.25, 0.3) is 0 Å². The maximum absolute atomic E-state index is 12.0. The molecule has 6 unspecified atom stereocenters. The summed E-state index contributed by atoms with van der Waals surface area (Å²) in [6, 6.07) is 0. The standard InChI is InChI=1S/C17H28O/c1-10-6-13-7-17(10)8-14(12(3)18)11(2)15(9-17)16(13,4)5/h10-11,13-15H,6-9H2,1-5H3. The average molecular weight is 248 g/mol. The second kappa shape index (κ2) is 3.61. The summed E-state index contributed by atoms with van der Waals surface area (Å²) in [4.78, 5) is 12.0. The van der Waals surface area contributed by atoms with Crippen LogP contribution in [0.4, 0.5) is 0 Å². The highest BCUT2D eigenvalue weighted by Gasteiger charge is 2.62. The summed E-state index contributed by atoms with van der Waals surface area (Å²) in [7, 11) is 0. The molecule has 3 rings (SSSR count). The maximum Gasteiger partial charge on any atom is 0.133 e. The summed E-state index contributed by atoms with van der Waals surface area (Å²) in [6.07, 6.45) is 5.38. The van der Waals surface area contributed by atoms with E-state index in [0.717, 1.165) is 17.8 Å². The number of hydrogen-bond acceptors (Lipinski definition) is 1. The summed E-state index contributed by atoms with van der Waals surface area (Å²) >= 11 is 0. The second-order valence-electron chi connectivity index (χ2n) is 8.31. The number of carbonyl (C=O) groups is 1. The topological polar surface area (TPSA) is 17.1 Å². The zero-order chi connectivity index (χ0) is 13.3. The van der Waals surface area contributed by atoms with Gasteiger partial charge in [0.15, 0.2) is 0 Å². The van der Waals surface area contributed by atoms with Crippen molar-refractivity contribution < 1.29 is 4.79 Å². The van der Waals surface area contributed by atoms with Gasteiger partial charge in [-0.2, -0.15) is 0 Å². The quantitative estimate of drug-likeness (QED) is 0.676. The number of carbonyl (C=O) groups excluding carboxylic acids is 1. The molecule has 1 heteroatoms. The fourth-order valence-corrected chi connectivity index (χ4v) is 5.96. The fraction of sp³-hybridized carbons (Fsp3) is 0.941. The molecule has 0 amide bonds. The van der Waals surface area contributed by atoms with Crippen LogP contribution in [0.5, 0.6) is 0 Å². The van der Waals surface area contributed by atoms with Gasteiger partial charge in [0.2, 0.25) is 0 Å². The lowest BCUT2D eigenvalue weighted by atomic mass is 9.47. The van der Waals surface area contributed by atoms with Crippen LogP contribution in [0.15, 0.2) is 0 Å². The molecule has 18 heavy (non-hydrogen) atoms. The molecule has 0 aromatic rings. The van der Waals surface area contributed by atoms with Crippen LogP contribution in [-0.4, -0.2) is 5.78 Å². The molecule has 0 aromatic heterocycles. The zero-order valence-electron chi connectivity index (χ0n) is 12.6. The Morgan fingerprint density at radius 2 is 1.78 bits per heavy atom. The highest BCUT2D eigenvalue weighted by molar-refractivity contribution is 5.78. The van der Waals surface area contributed by atoms with E-state index in [0.29, 0.717) is 28.4 Å². The van der Waals surface area contributed by atoms with Crippen molar-refractivity contribution >= 4 is 5.78 Å². The first kappa shape index (κ1) is 12.7. The van der Waals surface area contributed by atoms with E-state index in [1.54, 1.807) is 0 Å². The first-order chi connectivity index (χ1) is 8.28. The van der Waals surface area contributed by atoms with E-state index in [2.05, 4.69) is 27.7 Å². The molecule has 6 atom stereocenters. The van der Waals surface area contributed by atoms with Crippen LogP contribution in [0.3, 0.4) is 0 Å². The Balaban J connectivity index is 2.04. The highest BCUT2D eigenvalue weighted by atomic mass is 16.1. The predicted molar refractivity (Wildman–Crippen MR) is 74.2 cm³/mol. The molecular formula is C17H28O. The lowest BCUT2D eigenvalue weighted by Crippen LogP contribution is -2.51. The zero-order valence-corrected chi connectivity index (χ0v) is 12.6. The molecule has 0 saturated heterocycles.